The second-order valence-corrected chi connectivity index (χ2v) is 5.78. The van der Waals surface area contributed by atoms with Crippen LogP contribution in [-0.4, -0.2) is 30.5 Å². The third-order valence-corrected chi connectivity index (χ3v) is 3.75. The molecule has 1 aromatic rings. The van der Waals surface area contributed by atoms with Crippen LogP contribution in [0.1, 0.15) is 24.3 Å². The molecule has 0 aliphatic carbocycles. The standard InChI is InChI=1S/C11H14N2O4S/c1-4-9(7(2)3)13-18(16,17)8-5-10(11(14)15)12-6-8/h1,5-7,9,12-13H,2-3H3,(H,14,15). The Morgan fingerprint density at radius 2 is 2.17 bits per heavy atom. The van der Waals surface area contributed by atoms with Crippen molar-refractivity contribution in [2.24, 2.45) is 5.92 Å². The summed E-state index contributed by atoms with van der Waals surface area (Å²) in [5, 5.41) is 8.70. The summed E-state index contributed by atoms with van der Waals surface area (Å²) in [6, 6.07) is 0.400. The first-order valence-corrected chi connectivity index (χ1v) is 6.66. The zero-order valence-corrected chi connectivity index (χ0v) is 10.8. The molecule has 7 heteroatoms. The number of carbonyl (C=O) groups is 1. The highest BCUT2D eigenvalue weighted by atomic mass is 32.2. The minimum absolute atomic E-state index is 0.0670. The lowest BCUT2D eigenvalue weighted by Crippen LogP contribution is -2.37. The molecule has 6 nitrogen and oxygen atoms in total. The predicted molar refractivity (Wildman–Crippen MR) is 65.5 cm³/mol. The summed E-state index contributed by atoms with van der Waals surface area (Å²) in [7, 11) is -3.82. The van der Waals surface area contributed by atoms with Crippen molar-refractivity contribution >= 4 is 16.0 Å². The third kappa shape index (κ3) is 3.12. The molecule has 1 atom stereocenters. The number of aromatic amines is 1. The van der Waals surface area contributed by atoms with E-state index in [4.69, 9.17) is 11.5 Å². The van der Waals surface area contributed by atoms with Crippen LogP contribution < -0.4 is 4.72 Å². The van der Waals surface area contributed by atoms with E-state index in [1.54, 1.807) is 13.8 Å². The van der Waals surface area contributed by atoms with E-state index in [2.05, 4.69) is 15.6 Å². The third-order valence-electron chi connectivity index (χ3n) is 2.33. The van der Waals surface area contributed by atoms with Gasteiger partial charge in [0.1, 0.15) is 10.6 Å². The molecule has 0 amide bonds. The van der Waals surface area contributed by atoms with Gasteiger partial charge in [-0.05, 0) is 12.0 Å². The summed E-state index contributed by atoms with van der Waals surface area (Å²) in [5.74, 6) is 1.05. The van der Waals surface area contributed by atoms with E-state index in [-0.39, 0.29) is 16.5 Å². The molecule has 0 fully saturated rings. The van der Waals surface area contributed by atoms with Crippen molar-refractivity contribution < 1.29 is 18.3 Å². The topological polar surface area (TPSA) is 99.3 Å². The molecule has 3 N–H and O–H groups in total. The molecule has 0 saturated heterocycles. The van der Waals surface area contributed by atoms with Crippen LogP contribution in [0.2, 0.25) is 0 Å². The Kier molecular flexibility index (Phi) is 4.16. The predicted octanol–water partition coefficient (Wildman–Crippen LogP) is 0.649. The second-order valence-electron chi connectivity index (χ2n) is 4.06. The number of aromatic carboxylic acids is 1. The van der Waals surface area contributed by atoms with Crippen molar-refractivity contribution in [2.75, 3.05) is 0 Å². The largest absolute Gasteiger partial charge is 0.477 e. The summed E-state index contributed by atoms with van der Waals surface area (Å²) >= 11 is 0. The maximum atomic E-state index is 11.9. The summed E-state index contributed by atoms with van der Waals surface area (Å²) in [6.45, 7) is 3.57. The lowest BCUT2D eigenvalue weighted by atomic mass is 10.1. The van der Waals surface area contributed by atoms with Crippen molar-refractivity contribution in [2.45, 2.75) is 24.8 Å². The highest BCUT2D eigenvalue weighted by Gasteiger charge is 2.22. The average molecular weight is 270 g/mol. The molecule has 98 valence electrons. The van der Waals surface area contributed by atoms with Crippen molar-refractivity contribution in [3.8, 4) is 12.3 Å². The Morgan fingerprint density at radius 3 is 2.56 bits per heavy atom. The second kappa shape index (κ2) is 5.25. The molecule has 0 saturated carbocycles. The fourth-order valence-corrected chi connectivity index (χ4v) is 2.55. The maximum Gasteiger partial charge on any atom is 0.352 e. The summed E-state index contributed by atoms with van der Waals surface area (Å²) < 4.78 is 26.2. The lowest BCUT2D eigenvalue weighted by molar-refractivity contribution is 0.0691. The first kappa shape index (κ1) is 14.3. The molecule has 1 heterocycles. The molecule has 0 radical (unpaired) electrons. The van der Waals surface area contributed by atoms with Crippen molar-refractivity contribution in [1.29, 1.82) is 0 Å². The van der Waals surface area contributed by atoms with Gasteiger partial charge in [-0.1, -0.05) is 19.8 Å². The van der Waals surface area contributed by atoms with Gasteiger partial charge in [0.15, 0.2) is 0 Å². The maximum absolute atomic E-state index is 11.9. The monoisotopic (exact) mass is 270 g/mol. The van der Waals surface area contributed by atoms with E-state index in [1.165, 1.54) is 0 Å². The fraction of sp³-hybridized carbons (Fsp3) is 0.364. The van der Waals surface area contributed by atoms with E-state index in [1.807, 2.05) is 0 Å². The number of carboxylic acid groups (broad SMARTS) is 1. The van der Waals surface area contributed by atoms with E-state index in [0.29, 0.717) is 0 Å². The van der Waals surface area contributed by atoms with Crippen LogP contribution in [0, 0.1) is 18.3 Å². The Labute approximate surface area is 105 Å². The minimum atomic E-state index is -3.82. The van der Waals surface area contributed by atoms with Gasteiger partial charge in [0, 0.05) is 6.20 Å². The molecule has 18 heavy (non-hydrogen) atoms. The van der Waals surface area contributed by atoms with E-state index in [9.17, 15) is 13.2 Å². The zero-order valence-electron chi connectivity index (χ0n) is 9.97. The molecular weight excluding hydrogens is 256 g/mol. The van der Waals surface area contributed by atoms with Gasteiger partial charge in [-0.25, -0.2) is 13.2 Å². The van der Waals surface area contributed by atoms with Crippen LogP contribution in [0.4, 0.5) is 0 Å². The van der Waals surface area contributed by atoms with Gasteiger partial charge in [0.25, 0.3) is 0 Å². The smallest absolute Gasteiger partial charge is 0.352 e. The van der Waals surface area contributed by atoms with E-state index < -0.39 is 22.0 Å². The molecule has 1 unspecified atom stereocenters. The Morgan fingerprint density at radius 1 is 1.56 bits per heavy atom. The van der Waals surface area contributed by atoms with Crippen LogP contribution in [0.3, 0.4) is 0 Å². The number of carboxylic acids is 1. The number of nitrogens with one attached hydrogen (secondary N) is 2. The van der Waals surface area contributed by atoms with Crippen LogP contribution in [0.15, 0.2) is 17.2 Å². The van der Waals surface area contributed by atoms with Crippen LogP contribution in [0.5, 0.6) is 0 Å². The van der Waals surface area contributed by atoms with Crippen molar-refractivity contribution in [1.82, 2.24) is 9.71 Å². The van der Waals surface area contributed by atoms with Gasteiger partial charge in [-0.15, -0.1) is 6.42 Å². The minimum Gasteiger partial charge on any atom is -0.477 e. The number of aromatic nitrogens is 1. The summed E-state index contributed by atoms with van der Waals surface area (Å²) in [4.78, 5) is 12.9. The number of terminal acetylenes is 1. The molecule has 0 aromatic carbocycles. The van der Waals surface area contributed by atoms with Crippen LogP contribution >= 0.6 is 0 Å². The van der Waals surface area contributed by atoms with Gasteiger partial charge >= 0.3 is 5.97 Å². The molecule has 0 bridgehead atoms. The van der Waals surface area contributed by atoms with Gasteiger partial charge in [-0.2, -0.15) is 4.72 Å². The van der Waals surface area contributed by atoms with Gasteiger partial charge in [-0.3, -0.25) is 0 Å². The molecular formula is C11H14N2O4S. The summed E-state index contributed by atoms with van der Waals surface area (Å²) in [5.41, 5.74) is -0.197. The first-order chi connectivity index (χ1) is 8.27. The Bertz CT molecular complexity index is 580. The molecule has 1 rings (SSSR count). The highest BCUT2D eigenvalue weighted by molar-refractivity contribution is 7.89. The fourth-order valence-electron chi connectivity index (χ4n) is 1.25. The first-order valence-electron chi connectivity index (χ1n) is 5.18. The van der Waals surface area contributed by atoms with Crippen LogP contribution in [0.25, 0.3) is 0 Å². The van der Waals surface area contributed by atoms with E-state index in [0.717, 1.165) is 12.3 Å². The SMILES string of the molecule is C#CC(NS(=O)(=O)c1c[nH]c(C(=O)O)c1)C(C)C. The van der Waals surface area contributed by atoms with Crippen molar-refractivity contribution in [3.63, 3.8) is 0 Å². The van der Waals surface area contributed by atoms with Gasteiger partial charge in [0.2, 0.25) is 10.0 Å². The molecule has 0 aliphatic heterocycles. The average Bonchev–Trinajstić information content (AvgIpc) is 2.75. The van der Waals surface area contributed by atoms with Crippen molar-refractivity contribution in [3.05, 3.63) is 18.0 Å². The normalized spacial score (nSPS) is 13.2. The quantitative estimate of drug-likeness (QED) is 0.684. The molecule has 0 aliphatic rings. The lowest BCUT2D eigenvalue weighted by Gasteiger charge is -2.15. The zero-order chi connectivity index (χ0) is 13.9. The number of H-pyrrole nitrogens is 1. The molecule has 0 spiro atoms. The van der Waals surface area contributed by atoms with E-state index >= 15 is 0 Å². The number of hydrogen-bond donors (Lipinski definition) is 3. The number of rotatable bonds is 5. The Hall–Kier alpha value is -1.78. The highest BCUT2D eigenvalue weighted by Crippen LogP contribution is 2.13. The van der Waals surface area contributed by atoms with Gasteiger partial charge < -0.3 is 10.1 Å². The van der Waals surface area contributed by atoms with Crippen LogP contribution in [-0.2, 0) is 10.0 Å². The number of sulfonamides is 1. The van der Waals surface area contributed by atoms with Gasteiger partial charge in [0.05, 0.1) is 6.04 Å². The Balaban J connectivity index is 3.00. The molecule has 1 aromatic heterocycles. The summed E-state index contributed by atoms with van der Waals surface area (Å²) in [6.07, 6.45) is 6.34. The number of hydrogen-bond acceptors (Lipinski definition) is 3.